The summed E-state index contributed by atoms with van der Waals surface area (Å²) in [4.78, 5) is 14.2. The second-order valence-electron chi connectivity index (χ2n) is 5.98. The van der Waals surface area contributed by atoms with Gasteiger partial charge < -0.3 is 16.0 Å². The number of carbonyl (C=O) groups excluding carboxylic acids is 1. The summed E-state index contributed by atoms with van der Waals surface area (Å²) in [6.07, 6.45) is 3.41. The maximum absolute atomic E-state index is 12.3. The maximum atomic E-state index is 12.3. The van der Waals surface area contributed by atoms with Gasteiger partial charge in [0.05, 0.1) is 0 Å². The lowest BCUT2D eigenvalue weighted by molar-refractivity contribution is 0.212. The minimum atomic E-state index is -0.0139. The normalized spacial score (nSPS) is 19.8. The number of hydrogen-bond donors (Lipinski definition) is 2. The van der Waals surface area contributed by atoms with E-state index in [0.29, 0.717) is 11.6 Å². The number of nitrogen functional groups attached to an aromatic ring is 1. The van der Waals surface area contributed by atoms with Crippen LogP contribution in [0, 0.1) is 11.8 Å². The molecule has 2 rings (SSSR count). The molecule has 110 valence electrons. The third kappa shape index (κ3) is 3.89. The molecule has 1 aromatic carbocycles. The third-order valence-corrected chi connectivity index (χ3v) is 4.14. The van der Waals surface area contributed by atoms with Gasteiger partial charge in [0.15, 0.2) is 0 Å². The standard InChI is InChI=1S/C16H25N3O/c1-12(2)13-5-4-9-19(10-8-13)16(20)18-15-7-3-6-14(17)11-15/h3,6-7,11-13H,4-5,8-10,17H2,1-2H3,(H,18,20). The lowest BCUT2D eigenvalue weighted by atomic mass is 9.89. The summed E-state index contributed by atoms with van der Waals surface area (Å²) < 4.78 is 0. The molecule has 0 spiro atoms. The lowest BCUT2D eigenvalue weighted by Gasteiger charge is -2.22. The molecule has 4 heteroatoms. The molecule has 1 heterocycles. The number of rotatable bonds is 2. The van der Waals surface area contributed by atoms with Crippen molar-refractivity contribution in [3.05, 3.63) is 24.3 Å². The Hall–Kier alpha value is -1.71. The molecule has 20 heavy (non-hydrogen) atoms. The van der Waals surface area contributed by atoms with Crippen LogP contribution in [0.2, 0.25) is 0 Å². The van der Waals surface area contributed by atoms with Crippen LogP contribution in [0.4, 0.5) is 16.2 Å². The van der Waals surface area contributed by atoms with Gasteiger partial charge >= 0.3 is 6.03 Å². The molecule has 0 aromatic heterocycles. The van der Waals surface area contributed by atoms with Gasteiger partial charge in [0.25, 0.3) is 0 Å². The number of benzene rings is 1. The van der Waals surface area contributed by atoms with Crippen LogP contribution in [0.25, 0.3) is 0 Å². The number of nitrogens with two attached hydrogens (primary N) is 1. The second-order valence-corrected chi connectivity index (χ2v) is 5.98. The molecule has 1 saturated heterocycles. The van der Waals surface area contributed by atoms with Gasteiger partial charge in [-0.05, 0) is 49.3 Å². The van der Waals surface area contributed by atoms with Crippen molar-refractivity contribution in [1.82, 2.24) is 4.90 Å². The summed E-state index contributed by atoms with van der Waals surface area (Å²) in [6, 6.07) is 7.30. The highest BCUT2D eigenvalue weighted by Crippen LogP contribution is 2.25. The van der Waals surface area contributed by atoms with E-state index < -0.39 is 0 Å². The van der Waals surface area contributed by atoms with Crippen molar-refractivity contribution >= 4 is 17.4 Å². The molecule has 1 fully saturated rings. The first kappa shape index (κ1) is 14.7. The van der Waals surface area contributed by atoms with Crippen molar-refractivity contribution < 1.29 is 4.79 Å². The number of amides is 2. The van der Waals surface area contributed by atoms with E-state index in [4.69, 9.17) is 5.73 Å². The highest BCUT2D eigenvalue weighted by atomic mass is 16.2. The summed E-state index contributed by atoms with van der Waals surface area (Å²) in [7, 11) is 0. The van der Waals surface area contributed by atoms with Crippen molar-refractivity contribution in [2.45, 2.75) is 33.1 Å². The fraction of sp³-hybridized carbons (Fsp3) is 0.562. The smallest absolute Gasteiger partial charge is 0.321 e. The van der Waals surface area contributed by atoms with Gasteiger partial charge in [0.1, 0.15) is 0 Å². The first-order valence-corrected chi connectivity index (χ1v) is 7.47. The molecule has 3 N–H and O–H groups in total. The zero-order chi connectivity index (χ0) is 14.5. The van der Waals surface area contributed by atoms with E-state index in [1.165, 1.54) is 6.42 Å². The van der Waals surface area contributed by atoms with Crippen molar-refractivity contribution in [2.75, 3.05) is 24.1 Å². The number of nitrogens with one attached hydrogen (secondary N) is 1. The molecule has 2 amide bonds. The number of nitrogens with zero attached hydrogens (tertiary/aromatic N) is 1. The first-order chi connectivity index (χ1) is 9.56. The highest BCUT2D eigenvalue weighted by Gasteiger charge is 2.22. The van der Waals surface area contributed by atoms with Crippen LogP contribution in [0.5, 0.6) is 0 Å². The summed E-state index contributed by atoms with van der Waals surface area (Å²) in [5.74, 6) is 1.44. The van der Waals surface area contributed by atoms with E-state index in [1.807, 2.05) is 23.1 Å². The monoisotopic (exact) mass is 275 g/mol. The minimum absolute atomic E-state index is 0.0139. The Morgan fingerprint density at radius 2 is 2.15 bits per heavy atom. The molecule has 0 aliphatic carbocycles. The van der Waals surface area contributed by atoms with Crippen LogP contribution in [-0.2, 0) is 0 Å². The molecule has 1 aliphatic heterocycles. The largest absolute Gasteiger partial charge is 0.399 e. The van der Waals surface area contributed by atoms with Gasteiger partial charge in [0.2, 0.25) is 0 Å². The number of hydrogen-bond acceptors (Lipinski definition) is 2. The van der Waals surface area contributed by atoms with Gasteiger partial charge in [0, 0.05) is 24.5 Å². The van der Waals surface area contributed by atoms with E-state index in [1.54, 1.807) is 6.07 Å². The van der Waals surface area contributed by atoms with Gasteiger partial charge in [-0.1, -0.05) is 19.9 Å². The predicted molar refractivity (Wildman–Crippen MR) is 83.6 cm³/mol. The van der Waals surface area contributed by atoms with Gasteiger partial charge in [-0.2, -0.15) is 0 Å². The Bertz CT molecular complexity index is 459. The Kier molecular flexibility index (Phi) is 4.88. The Morgan fingerprint density at radius 3 is 2.85 bits per heavy atom. The van der Waals surface area contributed by atoms with Crippen molar-refractivity contribution in [3.63, 3.8) is 0 Å². The first-order valence-electron chi connectivity index (χ1n) is 7.47. The SMILES string of the molecule is CC(C)C1CCCN(C(=O)Nc2cccc(N)c2)CC1. The fourth-order valence-corrected chi connectivity index (χ4v) is 2.81. The van der Waals surface area contributed by atoms with Crippen LogP contribution >= 0.6 is 0 Å². The van der Waals surface area contributed by atoms with Crippen LogP contribution in [-0.4, -0.2) is 24.0 Å². The molecule has 1 aliphatic rings. The van der Waals surface area contributed by atoms with Crippen molar-refractivity contribution in [1.29, 1.82) is 0 Å². The molecule has 1 unspecified atom stereocenters. The summed E-state index contributed by atoms with van der Waals surface area (Å²) >= 11 is 0. The average molecular weight is 275 g/mol. The van der Waals surface area contributed by atoms with E-state index in [9.17, 15) is 4.79 Å². The zero-order valence-corrected chi connectivity index (χ0v) is 12.4. The summed E-state index contributed by atoms with van der Waals surface area (Å²) in [5, 5.41) is 2.93. The molecule has 1 aromatic rings. The van der Waals surface area contributed by atoms with Crippen molar-refractivity contribution in [3.8, 4) is 0 Å². The minimum Gasteiger partial charge on any atom is -0.399 e. The molecule has 0 saturated carbocycles. The Morgan fingerprint density at radius 1 is 1.35 bits per heavy atom. The quantitative estimate of drug-likeness (QED) is 0.811. The Labute approximate surface area is 121 Å². The van der Waals surface area contributed by atoms with Crippen molar-refractivity contribution in [2.24, 2.45) is 11.8 Å². The molecule has 4 nitrogen and oxygen atoms in total. The molecule has 0 radical (unpaired) electrons. The summed E-state index contributed by atoms with van der Waals surface area (Å²) in [6.45, 7) is 6.23. The second kappa shape index (κ2) is 6.64. The van der Waals surface area contributed by atoms with Crippen LogP contribution < -0.4 is 11.1 Å². The lowest BCUT2D eigenvalue weighted by Crippen LogP contribution is -2.35. The van der Waals surface area contributed by atoms with E-state index in [2.05, 4.69) is 19.2 Å². The molecular formula is C16H25N3O. The predicted octanol–water partition coefficient (Wildman–Crippen LogP) is 3.56. The van der Waals surface area contributed by atoms with Crippen LogP contribution in [0.3, 0.4) is 0 Å². The van der Waals surface area contributed by atoms with E-state index in [0.717, 1.165) is 37.5 Å². The number of anilines is 2. The highest BCUT2D eigenvalue weighted by molar-refractivity contribution is 5.89. The third-order valence-electron chi connectivity index (χ3n) is 4.14. The van der Waals surface area contributed by atoms with E-state index >= 15 is 0 Å². The molecular weight excluding hydrogens is 250 g/mol. The Balaban J connectivity index is 1.92. The molecule has 1 atom stereocenters. The van der Waals surface area contributed by atoms with Gasteiger partial charge in [-0.15, -0.1) is 0 Å². The summed E-state index contributed by atoms with van der Waals surface area (Å²) in [5.41, 5.74) is 7.15. The topological polar surface area (TPSA) is 58.4 Å². The van der Waals surface area contributed by atoms with Gasteiger partial charge in [-0.3, -0.25) is 0 Å². The van der Waals surface area contributed by atoms with E-state index in [-0.39, 0.29) is 6.03 Å². The fourth-order valence-electron chi connectivity index (χ4n) is 2.81. The van der Waals surface area contributed by atoms with Crippen LogP contribution in [0.1, 0.15) is 33.1 Å². The number of carbonyl (C=O) groups is 1. The zero-order valence-electron chi connectivity index (χ0n) is 12.4. The maximum Gasteiger partial charge on any atom is 0.321 e. The number of likely N-dealkylation sites (tertiary alicyclic amines) is 1. The number of urea groups is 1. The molecule has 0 bridgehead atoms. The average Bonchev–Trinajstić information content (AvgIpc) is 2.64. The van der Waals surface area contributed by atoms with Gasteiger partial charge in [-0.25, -0.2) is 4.79 Å². The van der Waals surface area contributed by atoms with Crippen LogP contribution in [0.15, 0.2) is 24.3 Å².